The summed E-state index contributed by atoms with van der Waals surface area (Å²) in [5.74, 6) is 0. The fraction of sp³-hybridized carbons (Fsp3) is 0. The molecule has 2 nitrogen and oxygen atoms in total. The lowest BCUT2D eigenvalue weighted by atomic mass is 10.00. The highest BCUT2D eigenvalue weighted by Crippen LogP contribution is 2.47. The molecule has 0 atom stereocenters. The van der Waals surface area contributed by atoms with E-state index < -0.39 is 0 Å². The van der Waals surface area contributed by atoms with Crippen molar-refractivity contribution in [2.75, 3.05) is 0 Å². The number of pyridine rings is 1. The minimum absolute atomic E-state index is 1.08. The van der Waals surface area contributed by atoms with Crippen molar-refractivity contribution in [1.29, 1.82) is 0 Å². The van der Waals surface area contributed by atoms with Crippen LogP contribution in [-0.2, 0) is 0 Å². The number of hydrogen-bond acceptors (Lipinski definition) is 2. The quantitative estimate of drug-likeness (QED) is 0.243. The van der Waals surface area contributed by atoms with Gasteiger partial charge in [0.15, 0.2) is 0 Å². The van der Waals surface area contributed by atoms with Crippen molar-refractivity contribution in [3.05, 3.63) is 121 Å². The maximum absolute atomic E-state index is 4.75. The summed E-state index contributed by atoms with van der Waals surface area (Å²) < 4.78 is 3.76. The molecule has 5 aromatic carbocycles. The molecule has 0 fully saturated rings. The molecule has 0 bridgehead atoms. The number of para-hydroxylation sites is 1. The van der Waals surface area contributed by atoms with Crippen molar-refractivity contribution in [3.63, 3.8) is 0 Å². The second-order valence-corrected chi connectivity index (χ2v) is 10.2. The zero-order valence-electron chi connectivity index (χ0n) is 19.3. The van der Waals surface area contributed by atoms with Gasteiger partial charge in [-0.25, -0.2) is 4.98 Å². The van der Waals surface area contributed by atoms with Crippen molar-refractivity contribution in [2.45, 2.75) is 0 Å². The number of thiophene rings is 1. The van der Waals surface area contributed by atoms with Crippen LogP contribution >= 0.6 is 11.3 Å². The van der Waals surface area contributed by atoms with Crippen LogP contribution in [0, 0.1) is 0 Å². The highest BCUT2D eigenvalue weighted by atomic mass is 32.1. The Labute approximate surface area is 211 Å². The molecule has 0 radical (unpaired) electrons. The van der Waals surface area contributed by atoms with Crippen LogP contribution in [0.25, 0.3) is 69.7 Å². The van der Waals surface area contributed by atoms with Gasteiger partial charge in [-0.15, -0.1) is 11.3 Å². The lowest BCUT2D eigenvalue weighted by Gasteiger charge is -2.12. The van der Waals surface area contributed by atoms with Gasteiger partial charge in [-0.2, -0.15) is 0 Å². The Morgan fingerprint density at radius 2 is 1.28 bits per heavy atom. The molecule has 0 spiro atoms. The Bertz CT molecular complexity index is 2100. The normalized spacial score (nSPS) is 11.9. The fourth-order valence-corrected chi connectivity index (χ4v) is 6.91. The third-order valence-corrected chi connectivity index (χ3v) is 8.38. The average Bonchev–Trinajstić information content (AvgIpc) is 3.50. The van der Waals surface area contributed by atoms with Crippen LogP contribution in [0.3, 0.4) is 0 Å². The third kappa shape index (κ3) is 2.69. The standard InChI is InChI=1S/C33H20N2S/c1-2-10-21(11-3-1)22-12-8-13-23(20-22)35-28-18-7-6-16-26(28)29-24-14-4-5-15-25(24)32-30(31(29)35)27-17-9-19-34-33(27)36-32/h1-20H. The molecule has 0 unspecified atom stereocenters. The summed E-state index contributed by atoms with van der Waals surface area (Å²) in [4.78, 5) is 5.83. The topological polar surface area (TPSA) is 17.8 Å². The van der Waals surface area contributed by atoms with E-state index in [2.05, 4.69) is 120 Å². The van der Waals surface area contributed by atoms with Gasteiger partial charge < -0.3 is 4.57 Å². The maximum Gasteiger partial charge on any atom is 0.124 e. The number of hydrogen-bond donors (Lipinski definition) is 0. The van der Waals surface area contributed by atoms with Gasteiger partial charge in [0.1, 0.15) is 4.83 Å². The molecule has 0 aliphatic heterocycles. The van der Waals surface area contributed by atoms with Crippen LogP contribution in [-0.4, -0.2) is 9.55 Å². The van der Waals surface area contributed by atoms with Gasteiger partial charge in [-0.1, -0.05) is 84.9 Å². The first-order valence-corrected chi connectivity index (χ1v) is 13.0. The molecule has 0 saturated carbocycles. The van der Waals surface area contributed by atoms with E-state index in [0.29, 0.717) is 0 Å². The van der Waals surface area contributed by atoms with Crippen LogP contribution in [0.1, 0.15) is 0 Å². The highest BCUT2D eigenvalue weighted by molar-refractivity contribution is 7.26. The summed E-state index contributed by atoms with van der Waals surface area (Å²) in [5, 5.41) is 7.68. The van der Waals surface area contributed by atoms with Crippen molar-refractivity contribution in [3.8, 4) is 16.8 Å². The molecule has 3 aromatic heterocycles. The van der Waals surface area contributed by atoms with Gasteiger partial charge in [0.25, 0.3) is 0 Å². The fourth-order valence-electron chi connectivity index (χ4n) is 5.73. The third-order valence-electron chi connectivity index (χ3n) is 7.23. The summed E-state index contributed by atoms with van der Waals surface area (Å²) in [7, 11) is 0. The molecular weight excluding hydrogens is 456 g/mol. The van der Waals surface area contributed by atoms with E-state index >= 15 is 0 Å². The Kier molecular flexibility index (Phi) is 4.13. The first-order valence-electron chi connectivity index (χ1n) is 12.2. The highest BCUT2D eigenvalue weighted by Gasteiger charge is 2.21. The van der Waals surface area contributed by atoms with Crippen LogP contribution in [0.4, 0.5) is 0 Å². The van der Waals surface area contributed by atoms with Gasteiger partial charge >= 0.3 is 0 Å². The van der Waals surface area contributed by atoms with Crippen molar-refractivity contribution < 1.29 is 0 Å². The predicted molar refractivity (Wildman–Crippen MR) is 154 cm³/mol. The van der Waals surface area contributed by atoms with Crippen LogP contribution in [0.2, 0.25) is 0 Å². The number of fused-ring (bicyclic) bond motifs is 10. The average molecular weight is 477 g/mol. The Morgan fingerprint density at radius 3 is 2.17 bits per heavy atom. The Morgan fingerprint density at radius 1 is 0.556 bits per heavy atom. The maximum atomic E-state index is 4.75. The summed E-state index contributed by atoms with van der Waals surface area (Å²) in [6.07, 6.45) is 1.90. The Balaban J connectivity index is 1.63. The molecular formula is C33H20N2S. The molecule has 36 heavy (non-hydrogen) atoms. The number of benzene rings is 5. The monoisotopic (exact) mass is 476 g/mol. The van der Waals surface area contributed by atoms with E-state index in [1.807, 2.05) is 6.20 Å². The summed E-state index contributed by atoms with van der Waals surface area (Å²) in [6, 6.07) is 41.4. The molecule has 0 aliphatic rings. The van der Waals surface area contributed by atoms with E-state index in [1.54, 1.807) is 11.3 Å². The van der Waals surface area contributed by atoms with E-state index in [-0.39, 0.29) is 0 Å². The van der Waals surface area contributed by atoms with Crippen molar-refractivity contribution in [2.24, 2.45) is 0 Å². The molecule has 168 valence electrons. The van der Waals surface area contributed by atoms with Crippen LogP contribution in [0.5, 0.6) is 0 Å². The molecule has 0 aliphatic carbocycles. The largest absolute Gasteiger partial charge is 0.309 e. The number of nitrogens with zero attached hydrogens (tertiary/aromatic N) is 2. The van der Waals surface area contributed by atoms with Gasteiger partial charge in [-0.3, -0.25) is 0 Å². The molecule has 3 heteroatoms. The van der Waals surface area contributed by atoms with Crippen LogP contribution in [0.15, 0.2) is 121 Å². The predicted octanol–water partition coefficient (Wildman–Crippen LogP) is 9.37. The smallest absolute Gasteiger partial charge is 0.124 e. The first kappa shape index (κ1) is 19.8. The van der Waals surface area contributed by atoms with Crippen LogP contribution < -0.4 is 0 Å². The minimum Gasteiger partial charge on any atom is -0.309 e. The zero-order valence-corrected chi connectivity index (χ0v) is 20.2. The van der Waals surface area contributed by atoms with E-state index in [0.717, 1.165) is 4.83 Å². The van der Waals surface area contributed by atoms with Gasteiger partial charge in [-0.05, 0) is 46.8 Å². The molecule has 8 rings (SSSR count). The lowest BCUT2D eigenvalue weighted by Crippen LogP contribution is -1.95. The summed E-state index contributed by atoms with van der Waals surface area (Å²) >= 11 is 1.80. The summed E-state index contributed by atoms with van der Waals surface area (Å²) in [5.41, 5.74) is 6.09. The van der Waals surface area contributed by atoms with E-state index in [9.17, 15) is 0 Å². The second kappa shape index (κ2) is 7.51. The number of rotatable bonds is 2. The van der Waals surface area contributed by atoms with Gasteiger partial charge in [0.2, 0.25) is 0 Å². The van der Waals surface area contributed by atoms with E-state index in [1.165, 1.54) is 64.9 Å². The summed E-state index contributed by atoms with van der Waals surface area (Å²) in [6.45, 7) is 0. The SMILES string of the molecule is c1ccc(-c2cccc(-n3c4ccccc4c4c5ccccc5c5sc6ncccc6c5c43)c2)cc1. The number of aromatic nitrogens is 2. The first-order chi connectivity index (χ1) is 17.9. The van der Waals surface area contributed by atoms with Gasteiger partial charge in [0.05, 0.1) is 11.0 Å². The lowest BCUT2D eigenvalue weighted by molar-refractivity contribution is 1.19. The molecule has 8 aromatic rings. The van der Waals surface area contributed by atoms with Crippen molar-refractivity contribution in [1.82, 2.24) is 9.55 Å². The molecule has 3 heterocycles. The molecule has 0 saturated heterocycles. The van der Waals surface area contributed by atoms with E-state index in [4.69, 9.17) is 4.98 Å². The zero-order chi connectivity index (χ0) is 23.6. The van der Waals surface area contributed by atoms with Gasteiger partial charge in [0, 0.05) is 43.5 Å². The Hall–Kier alpha value is -4.47. The molecule has 0 amide bonds. The van der Waals surface area contributed by atoms with Crippen molar-refractivity contribution >= 4 is 64.2 Å². The minimum atomic E-state index is 1.08. The molecule has 0 N–H and O–H groups in total. The second-order valence-electron chi connectivity index (χ2n) is 9.20.